The molecule has 8 nitrogen and oxygen atoms in total. The Morgan fingerprint density at radius 1 is 0.975 bits per heavy atom. The number of anilines is 2. The minimum absolute atomic E-state index is 0.0950. The van der Waals surface area contributed by atoms with Gasteiger partial charge in [0, 0.05) is 57.8 Å². The molecule has 1 aliphatic carbocycles. The molecule has 1 amide bonds. The highest BCUT2D eigenvalue weighted by atomic mass is 32.2. The van der Waals surface area contributed by atoms with Gasteiger partial charge in [-0.2, -0.15) is 0 Å². The Kier molecular flexibility index (Phi) is 8.42. The number of aromatic nitrogens is 1. The number of hydrogen-bond acceptors (Lipinski definition) is 6. The molecule has 9 heteroatoms. The van der Waals surface area contributed by atoms with Crippen LogP contribution in [0.1, 0.15) is 54.4 Å². The standard InChI is InChI=1S/C31H38N4O4S/c1-23-10-15-29(34-19-16-26(17-20-34)39-27-9-6-18-32-22-27)30(21-23)35(25-7-4-5-8-25)31(36)24-11-13-28(14-12-24)40(37,38)33(2)3/h6,9-15,18,21-22,25-26H,4-5,7-8,16-17,19-20H2,1-3H3. The summed E-state index contributed by atoms with van der Waals surface area (Å²) in [5, 5.41) is 0. The molecule has 0 N–H and O–H groups in total. The third-order valence-electron chi connectivity index (χ3n) is 7.90. The maximum absolute atomic E-state index is 14.2. The van der Waals surface area contributed by atoms with Crippen molar-refractivity contribution >= 4 is 27.3 Å². The monoisotopic (exact) mass is 562 g/mol. The highest BCUT2D eigenvalue weighted by Crippen LogP contribution is 2.38. The minimum atomic E-state index is -3.57. The van der Waals surface area contributed by atoms with Crippen LogP contribution in [0.2, 0.25) is 0 Å². The van der Waals surface area contributed by atoms with Crippen LogP contribution >= 0.6 is 0 Å². The molecule has 40 heavy (non-hydrogen) atoms. The number of pyridine rings is 1. The van der Waals surface area contributed by atoms with Gasteiger partial charge in [-0.05, 0) is 73.9 Å². The highest BCUT2D eigenvalue weighted by molar-refractivity contribution is 7.89. The number of carbonyl (C=O) groups excluding carboxylic acids is 1. The van der Waals surface area contributed by atoms with Gasteiger partial charge in [-0.1, -0.05) is 18.9 Å². The van der Waals surface area contributed by atoms with Gasteiger partial charge < -0.3 is 14.5 Å². The fourth-order valence-corrected chi connectivity index (χ4v) is 6.57. The van der Waals surface area contributed by atoms with Gasteiger partial charge in [0.05, 0.1) is 22.5 Å². The van der Waals surface area contributed by atoms with Gasteiger partial charge >= 0.3 is 0 Å². The minimum Gasteiger partial charge on any atom is -0.489 e. The van der Waals surface area contributed by atoms with Gasteiger partial charge in [0.1, 0.15) is 11.9 Å². The summed E-state index contributed by atoms with van der Waals surface area (Å²) >= 11 is 0. The van der Waals surface area contributed by atoms with E-state index in [-0.39, 0.29) is 22.9 Å². The van der Waals surface area contributed by atoms with E-state index in [9.17, 15) is 13.2 Å². The molecule has 0 radical (unpaired) electrons. The SMILES string of the molecule is Cc1ccc(N2CCC(Oc3cccnc3)CC2)c(N(C(=O)c2ccc(S(=O)(=O)N(C)C)cc2)C2CCCC2)c1. The van der Waals surface area contributed by atoms with E-state index < -0.39 is 10.0 Å². The molecule has 0 atom stereocenters. The molecule has 0 unspecified atom stereocenters. The molecular weight excluding hydrogens is 524 g/mol. The summed E-state index contributed by atoms with van der Waals surface area (Å²) in [6, 6.07) is 16.6. The molecule has 1 aromatic heterocycles. The molecule has 2 fully saturated rings. The third-order valence-corrected chi connectivity index (χ3v) is 9.73. The second-order valence-corrected chi connectivity index (χ2v) is 13.1. The van der Waals surface area contributed by atoms with Crippen molar-refractivity contribution in [2.75, 3.05) is 37.0 Å². The lowest BCUT2D eigenvalue weighted by molar-refractivity contribution is 0.0976. The molecule has 2 aliphatic rings. The smallest absolute Gasteiger partial charge is 0.258 e. The summed E-state index contributed by atoms with van der Waals surface area (Å²) in [5.74, 6) is 0.696. The zero-order chi connectivity index (χ0) is 28.3. The molecule has 2 heterocycles. The number of ether oxygens (including phenoxy) is 1. The van der Waals surface area contributed by atoms with Crippen LogP contribution in [0.5, 0.6) is 5.75 Å². The van der Waals surface area contributed by atoms with Crippen molar-refractivity contribution in [1.29, 1.82) is 0 Å². The van der Waals surface area contributed by atoms with E-state index in [1.165, 1.54) is 30.5 Å². The topological polar surface area (TPSA) is 83.0 Å². The number of piperidine rings is 1. The maximum atomic E-state index is 14.2. The Labute approximate surface area is 237 Å². The van der Waals surface area contributed by atoms with Crippen LogP contribution in [-0.4, -0.2) is 62.9 Å². The molecule has 0 bridgehead atoms. The molecule has 212 valence electrons. The number of aryl methyl sites for hydroxylation is 1. The van der Waals surface area contributed by atoms with E-state index in [2.05, 4.69) is 35.0 Å². The molecule has 2 aromatic carbocycles. The number of nitrogens with zero attached hydrogens (tertiary/aromatic N) is 4. The van der Waals surface area contributed by atoms with Crippen LogP contribution in [0.15, 0.2) is 71.9 Å². The van der Waals surface area contributed by atoms with Crippen molar-refractivity contribution in [2.45, 2.75) is 62.5 Å². The number of sulfonamides is 1. The summed E-state index contributed by atoms with van der Waals surface area (Å²) in [5.41, 5.74) is 3.56. The first-order valence-electron chi connectivity index (χ1n) is 14.0. The lowest BCUT2D eigenvalue weighted by Gasteiger charge is -2.38. The number of amides is 1. The van der Waals surface area contributed by atoms with Gasteiger partial charge in [0.25, 0.3) is 5.91 Å². The fraction of sp³-hybridized carbons (Fsp3) is 0.419. The van der Waals surface area contributed by atoms with Crippen molar-refractivity contribution in [2.24, 2.45) is 0 Å². The van der Waals surface area contributed by atoms with Gasteiger partial charge in [-0.3, -0.25) is 9.78 Å². The van der Waals surface area contributed by atoms with Gasteiger partial charge in [-0.25, -0.2) is 12.7 Å². The van der Waals surface area contributed by atoms with Crippen LogP contribution in [0, 0.1) is 6.92 Å². The summed E-state index contributed by atoms with van der Waals surface area (Å²) in [6.45, 7) is 3.70. The number of carbonyl (C=O) groups is 1. The fourth-order valence-electron chi connectivity index (χ4n) is 5.67. The summed E-state index contributed by atoms with van der Waals surface area (Å²) in [7, 11) is -0.564. The molecule has 0 spiro atoms. The van der Waals surface area contributed by atoms with Crippen molar-refractivity contribution in [3.63, 3.8) is 0 Å². The summed E-state index contributed by atoms with van der Waals surface area (Å²) < 4.78 is 32.5. The molecule has 1 saturated heterocycles. The zero-order valence-electron chi connectivity index (χ0n) is 23.5. The average Bonchev–Trinajstić information content (AvgIpc) is 3.49. The van der Waals surface area contributed by atoms with Gasteiger partial charge in [-0.15, -0.1) is 0 Å². The third kappa shape index (κ3) is 6.00. The molecule has 3 aromatic rings. The van der Waals surface area contributed by atoms with E-state index in [1.807, 2.05) is 17.0 Å². The number of benzene rings is 2. The van der Waals surface area contributed by atoms with E-state index in [1.54, 1.807) is 24.5 Å². The maximum Gasteiger partial charge on any atom is 0.258 e. The first-order chi connectivity index (χ1) is 19.2. The average molecular weight is 563 g/mol. The van der Waals surface area contributed by atoms with Crippen LogP contribution in [-0.2, 0) is 10.0 Å². The first kappa shape index (κ1) is 28.1. The highest BCUT2D eigenvalue weighted by Gasteiger charge is 2.33. The van der Waals surface area contributed by atoms with Crippen molar-refractivity contribution < 1.29 is 17.9 Å². The predicted octanol–water partition coefficient (Wildman–Crippen LogP) is 5.28. The normalized spacial score (nSPS) is 16.9. The quantitative estimate of drug-likeness (QED) is 0.372. The number of hydrogen-bond donors (Lipinski definition) is 0. The zero-order valence-corrected chi connectivity index (χ0v) is 24.3. The second kappa shape index (κ2) is 12.0. The van der Waals surface area contributed by atoms with Crippen LogP contribution in [0.3, 0.4) is 0 Å². The van der Waals surface area contributed by atoms with E-state index in [4.69, 9.17) is 4.74 Å². The van der Waals surface area contributed by atoms with Crippen molar-refractivity contribution in [3.05, 3.63) is 78.1 Å². The second-order valence-electron chi connectivity index (χ2n) is 10.9. The Hall–Kier alpha value is -3.43. The molecule has 1 saturated carbocycles. The van der Waals surface area contributed by atoms with Crippen LogP contribution < -0.4 is 14.5 Å². The summed E-state index contributed by atoms with van der Waals surface area (Å²) in [4.78, 5) is 22.8. The Morgan fingerprint density at radius 2 is 1.68 bits per heavy atom. The molecule has 5 rings (SSSR count). The first-order valence-corrected chi connectivity index (χ1v) is 15.5. The van der Waals surface area contributed by atoms with E-state index in [0.29, 0.717) is 5.56 Å². The Morgan fingerprint density at radius 3 is 2.30 bits per heavy atom. The summed E-state index contributed by atoms with van der Waals surface area (Å²) in [6.07, 6.45) is 9.45. The Bertz CT molecular complexity index is 1410. The van der Waals surface area contributed by atoms with Crippen LogP contribution in [0.25, 0.3) is 0 Å². The van der Waals surface area contributed by atoms with E-state index in [0.717, 1.165) is 74.3 Å². The lowest BCUT2D eigenvalue weighted by atomic mass is 10.0. The van der Waals surface area contributed by atoms with Crippen molar-refractivity contribution in [3.8, 4) is 5.75 Å². The lowest BCUT2D eigenvalue weighted by Crippen LogP contribution is -2.42. The Balaban J connectivity index is 1.42. The largest absolute Gasteiger partial charge is 0.489 e. The van der Waals surface area contributed by atoms with Crippen LogP contribution in [0.4, 0.5) is 11.4 Å². The predicted molar refractivity (Wildman–Crippen MR) is 158 cm³/mol. The van der Waals surface area contributed by atoms with Gasteiger partial charge in [0.15, 0.2) is 0 Å². The van der Waals surface area contributed by atoms with Gasteiger partial charge in [0.2, 0.25) is 10.0 Å². The number of rotatable bonds is 8. The molecule has 1 aliphatic heterocycles. The molecular formula is C31H38N4O4S. The van der Waals surface area contributed by atoms with E-state index >= 15 is 0 Å². The van der Waals surface area contributed by atoms with Crippen molar-refractivity contribution in [1.82, 2.24) is 9.29 Å².